The molecule has 78 valence electrons. The first-order valence-electron chi connectivity index (χ1n) is 4.02. The summed E-state index contributed by atoms with van der Waals surface area (Å²) in [6.07, 6.45) is 0.587. The van der Waals surface area contributed by atoms with E-state index in [2.05, 4.69) is 15.9 Å². The van der Waals surface area contributed by atoms with Gasteiger partial charge in [-0.1, -0.05) is 28.1 Å². The summed E-state index contributed by atoms with van der Waals surface area (Å²) in [4.78, 5) is 0. The Hall–Kier alpha value is -0.390. The van der Waals surface area contributed by atoms with Gasteiger partial charge in [0.25, 0.3) is 10.1 Å². The molecule has 0 spiro atoms. The molecule has 3 nitrogen and oxygen atoms in total. The van der Waals surface area contributed by atoms with Crippen LogP contribution >= 0.6 is 15.9 Å². The van der Waals surface area contributed by atoms with Crippen LogP contribution in [0.4, 0.5) is 0 Å². The minimum Gasteiger partial charge on any atom is -0.262 e. The second kappa shape index (κ2) is 4.42. The van der Waals surface area contributed by atoms with Crippen LogP contribution < -0.4 is 0 Å². The van der Waals surface area contributed by atoms with E-state index in [1.165, 1.54) is 0 Å². The SMILES string of the molecule is CC(OS(C)(=O)=O)c1cccc(Br)c1. The third-order valence-corrected chi connectivity index (χ3v) is 2.77. The largest absolute Gasteiger partial charge is 0.264 e. The Morgan fingerprint density at radius 3 is 2.57 bits per heavy atom. The minimum absolute atomic E-state index is 0.456. The van der Waals surface area contributed by atoms with Gasteiger partial charge in [0.05, 0.1) is 12.4 Å². The molecule has 5 heteroatoms. The fraction of sp³-hybridized carbons (Fsp3) is 0.333. The molecule has 0 aromatic heterocycles. The molecule has 0 bridgehead atoms. The van der Waals surface area contributed by atoms with E-state index in [-0.39, 0.29) is 0 Å². The first-order chi connectivity index (χ1) is 6.38. The summed E-state index contributed by atoms with van der Waals surface area (Å²) in [5.74, 6) is 0. The van der Waals surface area contributed by atoms with Gasteiger partial charge in [-0.3, -0.25) is 4.18 Å². The predicted molar refractivity (Wildman–Crippen MR) is 58.5 cm³/mol. The van der Waals surface area contributed by atoms with Crippen molar-refractivity contribution in [2.24, 2.45) is 0 Å². The van der Waals surface area contributed by atoms with Gasteiger partial charge in [-0.2, -0.15) is 8.42 Å². The van der Waals surface area contributed by atoms with Gasteiger partial charge in [0, 0.05) is 4.47 Å². The van der Waals surface area contributed by atoms with Crippen molar-refractivity contribution in [3.8, 4) is 0 Å². The minimum atomic E-state index is -3.40. The Labute approximate surface area is 92.3 Å². The average Bonchev–Trinajstić information content (AvgIpc) is 2.01. The third-order valence-electron chi connectivity index (χ3n) is 1.64. The zero-order valence-electron chi connectivity index (χ0n) is 7.90. The molecule has 1 atom stereocenters. The fourth-order valence-corrected chi connectivity index (χ4v) is 2.13. The first-order valence-corrected chi connectivity index (χ1v) is 6.63. The molecule has 0 radical (unpaired) electrons. The molecule has 0 N–H and O–H groups in total. The van der Waals surface area contributed by atoms with Crippen molar-refractivity contribution in [3.63, 3.8) is 0 Å². The highest BCUT2D eigenvalue weighted by Crippen LogP contribution is 2.21. The number of hydrogen-bond donors (Lipinski definition) is 0. The normalized spacial score (nSPS) is 13.9. The van der Waals surface area contributed by atoms with Crippen molar-refractivity contribution >= 4 is 26.0 Å². The molecule has 1 unspecified atom stereocenters. The van der Waals surface area contributed by atoms with Gasteiger partial charge >= 0.3 is 0 Å². The molecule has 14 heavy (non-hydrogen) atoms. The van der Waals surface area contributed by atoms with Gasteiger partial charge in [-0.25, -0.2) is 0 Å². The fourth-order valence-electron chi connectivity index (χ4n) is 1.08. The van der Waals surface area contributed by atoms with Crippen LogP contribution in [0.15, 0.2) is 28.7 Å². The topological polar surface area (TPSA) is 43.4 Å². The standard InChI is InChI=1S/C9H11BrO3S/c1-7(13-14(2,11)12)8-4-3-5-9(10)6-8/h3-7H,1-2H3. The lowest BCUT2D eigenvalue weighted by atomic mass is 10.1. The Balaban J connectivity index is 2.85. The molecule has 1 aromatic carbocycles. The number of hydrogen-bond acceptors (Lipinski definition) is 3. The number of halogens is 1. The van der Waals surface area contributed by atoms with Crippen LogP contribution in [0, 0.1) is 0 Å². The molecule has 0 aliphatic rings. The summed E-state index contributed by atoms with van der Waals surface area (Å²) in [6, 6.07) is 7.36. The van der Waals surface area contributed by atoms with Crippen LogP contribution in [0.1, 0.15) is 18.6 Å². The van der Waals surface area contributed by atoms with E-state index < -0.39 is 16.2 Å². The van der Waals surface area contributed by atoms with Crippen molar-refractivity contribution in [1.29, 1.82) is 0 Å². The smallest absolute Gasteiger partial charge is 0.262 e. The Bertz CT molecular complexity index is 414. The summed E-state index contributed by atoms with van der Waals surface area (Å²) in [7, 11) is -3.40. The first kappa shape index (κ1) is 11.7. The molecule has 1 aromatic rings. The second-order valence-corrected chi connectivity index (χ2v) is 5.51. The molecule has 0 saturated carbocycles. The van der Waals surface area contributed by atoms with Gasteiger partial charge in [0.15, 0.2) is 0 Å². The van der Waals surface area contributed by atoms with E-state index in [0.29, 0.717) is 0 Å². The quantitative estimate of drug-likeness (QED) is 0.798. The van der Waals surface area contributed by atoms with Crippen LogP contribution in [0.25, 0.3) is 0 Å². The van der Waals surface area contributed by atoms with Crippen LogP contribution in [-0.4, -0.2) is 14.7 Å². The van der Waals surface area contributed by atoms with E-state index in [1.807, 2.05) is 24.3 Å². The summed E-state index contributed by atoms with van der Waals surface area (Å²) in [5.41, 5.74) is 0.824. The van der Waals surface area contributed by atoms with Gasteiger partial charge in [0.2, 0.25) is 0 Å². The molecule has 0 aliphatic heterocycles. The van der Waals surface area contributed by atoms with Crippen LogP contribution in [0.3, 0.4) is 0 Å². The maximum absolute atomic E-state index is 10.9. The second-order valence-electron chi connectivity index (χ2n) is 3.00. The predicted octanol–water partition coefficient (Wildman–Crippen LogP) is 2.49. The van der Waals surface area contributed by atoms with Gasteiger partial charge < -0.3 is 0 Å². The maximum atomic E-state index is 10.9. The molecule has 0 fully saturated rings. The summed E-state index contributed by atoms with van der Waals surface area (Å²) < 4.78 is 27.5. The zero-order valence-corrected chi connectivity index (χ0v) is 10.3. The number of rotatable bonds is 3. The lowest BCUT2D eigenvalue weighted by Gasteiger charge is -2.11. The van der Waals surface area contributed by atoms with Crippen LogP contribution in [0.5, 0.6) is 0 Å². The molecule has 0 saturated heterocycles. The molecular formula is C9H11BrO3S. The lowest BCUT2D eigenvalue weighted by Crippen LogP contribution is -2.07. The van der Waals surface area contributed by atoms with Gasteiger partial charge in [0.1, 0.15) is 0 Å². The third kappa shape index (κ3) is 3.77. The highest BCUT2D eigenvalue weighted by atomic mass is 79.9. The average molecular weight is 279 g/mol. The summed E-state index contributed by atoms with van der Waals surface area (Å²) >= 11 is 3.31. The summed E-state index contributed by atoms with van der Waals surface area (Å²) in [6.45, 7) is 1.70. The van der Waals surface area contributed by atoms with E-state index in [0.717, 1.165) is 16.3 Å². The maximum Gasteiger partial charge on any atom is 0.264 e. The zero-order chi connectivity index (χ0) is 10.8. The molecular weight excluding hydrogens is 268 g/mol. The molecule has 0 aliphatic carbocycles. The monoisotopic (exact) mass is 278 g/mol. The highest BCUT2D eigenvalue weighted by molar-refractivity contribution is 9.10. The molecule has 1 rings (SSSR count). The molecule has 0 heterocycles. The lowest BCUT2D eigenvalue weighted by molar-refractivity contribution is 0.236. The van der Waals surface area contributed by atoms with Gasteiger partial charge in [-0.15, -0.1) is 0 Å². The van der Waals surface area contributed by atoms with Crippen molar-refractivity contribution in [2.75, 3.05) is 6.26 Å². The van der Waals surface area contributed by atoms with E-state index in [1.54, 1.807) is 6.92 Å². The number of benzene rings is 1. The Morgan fingerprint density at radius 1 is 1.43 bits per heavy atom. The van der Waals surface area contributed by atoms with Crippen molar-refractivity contribution in [3.05, 3.63) is 34.3 Å². The van der Waals surface area contributed by atoms with Crippen LogP contribution in [0.2, 0.25) is 0 Å². The Kier molecular flexibility index (Phi) is 3.69. The van der Waals surface area contributed by atoms with E-state index in [4.69, 9.17) is 4.18 Å². The van der Waals surface area contributed by atoms with Crippen LogP contribution in [-0.2, 0) is 14.3 Å². The van der Waals surface area contributed by atoms with Crippen molar-refractivity contribution in [1.82, 2.24) is 0 Å². The summed E-state index contributed by atoms with van der Waals surface area (Å²) in [5, 5.41) is 0. The van der Waals surface area contributed by atoms with Crippen molar-refractivity contribution in [2.45, 2.75) is 13.0 Å². The van der Waals surface area contributed by atoms with E-state index in [9.17, 15) is 8.42 Å². The van der Waals surface area contributed by atoms with E-state index >= 15 is 0 Å². The van der Waals surface area contributed by atoms with Gasteiger partial charge in [-0.05, 0) is 24.6 Å². The Morgan fingerprint density at radius 2 is 2.07 bits per heavy atom. The molecule has 0 amide bonds. The van der Waals surface area contributed by atoms with Crippen molar-refractivity contribution < 1.29 is 12.6 Å². The highest BCUT2D eigenvalue weighted by Gasteiger charge is 2.12.